The normalized spacial score (nSPS) is 13.0. The van der Waals surface area contributed by atoms with Crippen LogP contribution < -0.4 is 11.2 Å². The quantitative estimate of drug-likeness (QED) is 0.578. The number of ketones is 2. The fourth-order valence-corrected chi connectivity index (χ4v) is 2.69. The zero-order valence-corrected chi connectivity index (χ0v) is 13.1. The Hall–Kier alpha value is -2.84. The van der Waals surface area contributed by atoms with Crippen molar-refractivity contribution in [2.45, 2.75) is 6.92 Å². The second kappa shape index (κ2) is 6.34. The molecule has 8 nitrogen and oxygen atoms in total. The average Bonchev–Trinajstić information content (AvgIpc) is 2.60. The average molecular weight is 327 g/mol. The maximum Gasteiger partial charge on any atom is 0.198 e. The van der Waals surface area contributed by atoms with E-state index in [1.165, 1.54) is 0 Å². The van der Waals surface area contributed by atoms with Crippen molar-refractivity contribution in [2.24, 2.45) is 0 Å². The summed E-state index contributed by atoms with van der Waals surface area (Å²) in [6.45, 7) is 2.69. The molecule has 0 bridgehead atoms. The third-order valence-electron chi connectivity index (χ3n) is 3.89. The molecule has 0 saturated heterocycles. The van der Waals surface area contributed by atoms with E-state index >= 15 is 0 Å². The first-order valence-electron chi connectivity index (χ1n) is 7.55. The molecule has 0 amide bonds. The number of hydrogen-bond acceptors (Lipinski definition) is 8. The van der Waals surface area contributed by atoms with Gasteiger partial charge in [-0.25, -0.2) is 5.01 Å². The van der Waals surface area contributed by atoms with E-state index in [-0.39, 0.29) is 40.9 Å². The van der Waals surface area contributed by atoms with Gasteiger partial charge in [0, 0.05) is 24.2 Å². The highest BCUT2D eigenvalue weighted by Crippen LogP contribution is 2.33. The number of anilines is 2. The number of carbonyl (C=O) groups is 2. The zero-order valence-electron chi connectivity index (χ0n) is 13.1. The number of carbonyl (C=O) groups excluding carboxylic acids is 2. The van der Waals surface area contributed by atoms with Crippen LogP contribution in [0.4, 0.5) is 11.6 Å². The van der Waals surface area contributed by atoms with E-state index < -0.39 is 0 Å². The number of fused-ring (bicyclic) bond motifs is 2. The number of aliphatic hydroxyl groups excluding tert-OH is 1. The summed E-state index contributed by atoms with van der Waals surface area (Å²) in [5, 5.41) is 18.5. The number of hydrazine groups is 1. The molecule has 2 aromatic rings. The van der Waals surface area contributed by atoms with Crippen molar-refractivity contribution in [3.63, 3.8) is 0 Å². The van der Waals surface area contributed by atoms with Gasteiger partial charge < -0.3 is 16.3 Å². The Labute approximate surface area is 138 Å². The van der Waals surface area contributed by atoms with Crippen LogP contribution in [0.1, 0.15) is 38.8 Å². The molecule has 3 rings (SSSR count). The minimum absolute atomic E-state index is 0.0660. The third-order valence-corrected chi connectivity index (χ3v) is 3.89. The maximum atomic E-state index is 12.9. The molecule has 0 radical (unpaired) electrons. The molecule has 4 N–H and O–H groups in total. The summed E-state index contributed by atoms with van der Waals surface area (Å²) in [4.78, 5) is 25.6. The molecular weight excluding hydrogens is 310 g/mol. The Kier molecular flexibility index (Phi) is 4.24. The number of aromatic nitrogens is 2. The van der Waals surface area contributed by atoms with Gasteiger partial charge in [0.1, 0.15) is 0 Å². The van der Waals surface area contributed by atoms with Gasteiger partial charge in [0.25, 0.3) is 0 Å². The van der Waals surface area contributed by atoms with Crippen LogP contribution in [0.15, 0.2) is 24.3 Å². The van der Waals surface area contributed by atoms with Gasteiger partial charge in [0.15, 0.2) is 23.2 Å². The summed E-state index contributed by atoms with van der Waals surface area (Å²) in [7, 11) is 0. The lowest BCUT2D eigenvalue weighted by Crippen LogP contribution is -2.35. The van der Waals surface area contributed by atoms with Crippen molar-refractivity contribution in [1.82, 2.24) is 15.2 Å². The summed E-state index contributed by atoms with van der Waals surface area (Å²) < 4.78 is 0. The summed E-state index contributed by atoms with van der Waals surface area (Å²) in [6.07, 6.45) is 0. The van der Waals surface area contributed by atoms with Gasteiger partial charge in [0.05, 0.1) is 17.7 Å². The molecule has 0 spiro atoms. The molecule has 1 heterocycles. The highest BCUT2D eigenvalue weighted by Gasteiger charge is 2.35. The summed E-state index contributed by atoms with van der Waals surface area (Å²) in [6, 6.07) is 6.59. The van der Waals surface area contributed by atoms with E-state index in [1.807, 2.05) is 6.92 Å². The lowest BCUT2D eigenvalue weighted by molar-refractivity contribution is 0.0979. The van der Waals surface area contributed by atoms with E-state index in [1.54, 1.807) is 29.3 Å². The van der Waals surface area contributed by atoms with Crippen LogP contribution in [0.2, 0.25) is 0 Å². The highest BCUT2D eigenvalue weighted by molar-refractivity contribution is 6.31. The number of hydrogen-bond donors (Lipinski definition) is 3. The lowest BCUT2D eigenvalue weighted by atomic mass is 9.84. The number of rotatable bonds is 5. The number of aliphatic hydroxyl groups is 1. The molecule has 0 aliphatic heterocycles. The Balaban J connectivity index is 2.13. The number of likely N-dealkylation sites (N-methyl/N-ethyl adjacent to an activating group) is 1. The van der Waals surface area contributed by atoms with Crippen molar-refractivity contribution in [2.75, 3.05) is 30.9 Å². The monoisotopic (exact) mass is 327 g/mol. The third kappa shape index (κ3) is 2.51. The molecule has 0 unspecified atom stereocenters. The molecule has 1 aromatic heterocycles. The van der Waals surface area contributed by atoms with Crippen LogP contribution in [-0.4, -0.2) is 51.6 Å². The smallest absolute Gasteiger partial charge is 0.198 e. The van der Waals surface area contributed by atoms with Crippen LogP contribution in [-0.2, 0) is 0 Å². The van der Waals surface area contributed by atoms with Crippen molar-refractivity contribution in [1.29, 1.82) is 0 Å². The molecule has 24 heavy (non-hydrogen) atoms. The SMILES string of the molecule is CCN(CCO)Nc1nnc(N)c2c1C(=O)c1ccccc1C2=O. The summed E-state index contributed by atoms with van der Waals surface area (Å²) in [5.41, 5.74) is 9.56. The van der Waals surface area contributed by atoms with Crippen LogP contribution in [0.3, 0.4) is 0 Å². The van der Waals surface area contributed by atoms with Gasteiger partial charge >= 0.3 is 0 Å². The van der Waals surface area contributed by atoms with E-state index in [0.717, 1.165) is 0 Å². The molecular formula is C16H17N5O3. The molecule has 124 valence electrons. The number of nitrogens with zero attached hydrogens (tertiary/aromatic N) is 3. The largest absolute Gasteiger partial charge is 0.395 e. The molecule has 1 aliphatic rings. The zero-order chi connectivity index (χ0) is 17.3. The minimum Gasteiger partial charge on any atom is -0.395 e. The van der Waals surface area contributed by atoms with Gasteiger partial charge in [-0.15, -0.1) is 10.2 Å². The van der Waals surface area contributed by atoms with Crippen molar-refractivity contribution in [3.05, 3.63) is 46.5 Å². The lowest BCUT2D eigenvalue weighted by Gasteiger charge is -2.25. The maximum absolute atomic E-state index is 12.9. The summed E-state index contributed by atoms with van der Waals surface area (Å²) >= 11 is 0. The highest BCUT2D eigenvalue weighted by atomic mass is 16.3. The Bertz CT molecular complexity index is 821. The van der Waals surface area contributed by atoms with E-state index in [4.69, 9.17) is 10.8 Å². The van der Waals surface area contributed by atoms with Crippen LogP contribution in [0.5, 0.6) is 0 Å². The van der Waals surface area contributed by atoms with Crippen LogP contribution in [0.25, 0.3) is 0 Å². The Morgan fingerprint density at radius 1 is 1.12 bits per heavy atom. The number of nitrogens with two attached hydrogens (primary N) is 1. The van der Waals surface area contributed by atoms with Crippen LogP contribution in [0, 0.1) is 0 Å². The second-order valence-corrected chi connectivity index (χ2v) is 5.30. The number of nitrogen functional groups attached to an aromatic ring is 1. The van der Waals surface area contributed by atoms with Gasteiger partial charge in [-0.3, -0.25) is 9.59 Å². The van der Waals surface area contributed by atoms with Crippen molar-refractivity contribution < 1.29 is 14.7 Å². The molecule has 8 heteroatoms. The standard InChI is InChI=1S/C16H17N5O3/c1-2-21(7-8-22)20-16-12-11(15(17)18-19-16)13(23)9-5-3-4-6-10(9)14(12)24/h3-6,22H,2,7-8H2,1H3,(H2,17,18)(H,19,20). The molecule has 0 atom stereocenters. The fraction of sp³-hybridized carbons (Fsp3) is 0.250. The van der Waals surface area contributed by atoms with Crippen molar-refractivity contribution >= 4 is 23.2 Å². The molecule has 1 aromatic carbocycles. The first kappa shape index (κ1) is 16.0. The van der Waals surface area contributed by atoms with Gasteiger partial charge in [0.2, 0.25) is 0 Å². The predicted octanol–water partition coefficient (Wildman–Crippen LogP) is 0.475. The predicted molar refractivity (Wildman–Crippen MR) is 87.7 cm³/mol. The first-order chi connectivity index (χ1) is 11.6. The van der Waals surface area contributed by atoms with E-state index in [0.29, 0.717) is 24.2 Å². The Morgan fingerprint density at radius 2 is 1.75 bits per heavy atom. The van der Waals surface area contributed by atoms with Crippen LogP contribution >= 0.6 is 0 Å². The number of nitrogens with one attached hydrogen (secondary N) is 1. The second-order valence-electron chi connectivity index (χ2n) is 5.30. The minimum atomic E-state index is -0.346. The van der Waals surface area contributed by atoms with Gasteiger partial charge in [-0.1, -0.05) is 31.2 Å². The van der Waals surface area contributed by atoms with Gasteiger partial charge in [-0.05, 0) is 0 Å². The van der Waals surface area contributed by atoms with Crippen molar-refractivity contribution in [3.8, 4) is 0 Å². The summed E-state index contributed by atoms with van der Waals surface area (Å²) in [5.74, 6) is -0.596. The Morgan fingerprint density at radius 3 is 2.33 bits per heavy atom. The molecule has 1 aliphatic carbocycles. The topological polar surface area (TPSA) is 121 Å². The fourth-order valence-electron chi connectivity index (χ4n) is 2.69. The van der Waals surface area contributed by atoms with E-state index in [2.05, 4.69) is 15.6 Å². The number of benzene rings is 1. The van der Waals surface area contributed by atoms with Gasteiger partial charge in [-0.2, -0.15) is 0 Å². The molecule has 0 fully saturated rings. The molecule has 0 saturated carbocycles. The van der Waals surface area contributed by atoms with E-state index in [9.17, 15) is 9.59 Å². The first-order valence-corrected chi connectivity index (χ1v) is 7.55.